The summed E-state index contributed by atoms with van der Waals surface area (Å²) < 4.78 is 25.4. The minimum absolute atomic E-state index is 0.0421. The third-order valence-corrected chi connectivity index (χ3v) is 5.97. The van der Waals surface area contributed by atoms with Gasteiger partial charge in [-0.15, -0.1) is 0 Å². The van der Waals surface area contributed by atoms with Gasteiger partial charge in [0.2, 0.25) is 0 Å². The van der Waals surface area contributed by atoms with Crippen molar-refractivity contribution >= 4 is 15.6 Å². The van der Waals surface area contributed by atoms with Crippen LogP contribution in [0.2, 0.25) is 0 Å². The molecule has 4 rings (SSSR count). The Balaban J connectivity index is 1.85. The predicted molar refractivity (Wildman–Crippen MR) is 92.6 cm³/mol. The number of hydrogen-bond acceptors (Lipinski definition) is 3. The van der Waals surface area contributed by atoms with Crippen molar-refractivity contribution < 1.29 is 13.2 Å². The number of hydrogen-bond donors (Lipinski definition) is 0. The van der Waals surface area contributed by atoms with E-state index in [1.807, 2.05) is 18.2 Å². The fraction of sp³-hybridized carbons (Fsp3) is 0.0500. The molecule has 0 atom stereocenters. The summed E-state index contributed by atoms with van der Waals surface area (Å²) in [6.45, 7) is 0. The first-order valence-electron chi connectivity index (χ1n) is 7.62. The van der Waals surface area contributed by atoms with Crippen LogP contribution in [0.1, 0.15) is 21.5 Å². The van der Waals surface area contributed by atoms with Crippen molar-refractivity contribution in [2.45, 2.75) is 10.6 Å². The Morgan fingerprint density at radius 2 is 1.29 bits per heavy atom. The fourth-order valence-corrected chi connectivity index (χ4v) is 4.58. The summed E-state index contributed by atoms with van der Waals surface area (Å²) in [5.41, 5.74) is 3.44. The van der Waals surface area contributed by atoms with Crippen molar-refractivity contribution in [1.82, 2.24) is 0 Å². The Morgan fingerprint density at radius 1 is 0.667 bits per heavy atom. The molecule has 0 amide bonds. The average Bonchev–Trinajstić information content (AvgIpc) is 2.90. The standard InChI is InChI=1S/C20H14O3S/c21-20-17-11-5-4-10-16(17)19-14(7-6-12-18(19)20)13-24(22,23)15-8-2-1-3-9-15/h1-12H,13H2. The maximum Gasteiger partial charge on any atom is 0.194 e. The van der Waals surface area contributed by atoms with Gasteiger partial charge in [-0.3, -0.25) is 4.79 Å². The lowest BCUT2D eigenvalue weighted by atomic mass is 10.0. The van der Waals surface area contributed by atoms with Crippen LogP contribution in [0.3, 0.4) is 0 Å². The molecule has 0 aromatic heterocycles. The highest BCUT2D eigenvalue weighted by atomic mass is 32.2. The molecule has 1 aliphatic rings. The molecule has 0 saturated heterocycles. The van der Waals surface area contributed by atoms with Crippen molar-refractivity contribution in [3.05, 3.63) is 89.5 Å². The van der Waals surface area contributed by atoms with Crippen LogP contribution in [0.15, 0.2) is 77.7 Å². The second kappa shape index (κ2) is 5.42. The van der Waals surface area contributed by atoms with E-state index < -0.39 is 9.84 Å². The van der Waals surface area contributed by atoms with Crippen molar-refractivity contribution in [3.63, 3.8) is 0 Å². The first-order valence-corrected chi connectivity index (χ1v) is 9.27. The van der Waals surface area contributed by atoms with E-state index >= 15 is 0 Å². The molecular weight excluding hydrogens is 320 g/mol. The highest BCUT2D eigenvalue weighted by Gasteiger charge is 2.29. The molecule has 24 heavy (non-hydrogen) atoms. The van der Waals surface area contributed by atoms with E-state index in [1.54, 1.807) is 54.6 Å². The summed E-state index contributed by atoms with van der Waals surface area (Å²) >= 11 is 0. The van der Waals surface area contributed by atoms with Gasteiger partial charge < -0.3 is 0 Å². The van der Waals surface area contributed by atoms with Crippen LogP contribution >= 0.6 is 0 Å². The van der Waals surface area contributed by atoms with E-state index in [4.69, 9.17) is 0 Å². The van der Waals surface area contributed by atoms with Gasteiger partial charge in [-0.1, -0.05) is 60.7 Å². The highest BCUT2D eigenvalue weighted by Crippen LogP contribution is 2.39. The fourth-order valence-electron chi connectivity index (χ4n) is 3.19. The van der Waals surface area contributed by atoms with Crippen LogP contribution in [0.4, 0.5) is 0 Å². The first kappa shape index (κ1) is 14.8. The molecule has 0 heterocycles. The number of ketones is 1. The summed E-state index contributed by atoms with van der Waals surface area (Å²) in [6.07, 6.45) is 0. The van der Waals surface area contributed by atoms with Gasteiger partial charge >= 0.3 is 0 Å². The molecule has 0 saturated carbocycles. The molecule has 0 unspecified atom stereocenters. The third-order valence-electron chi connectivity index (χ3n) is 4.28. The van der Waals surface area contributed by atoms with E-state index in [9.17, 15) is 13.2 Å². The monoisotopic (exact) mass is 334 g/mol. The van der Waals surface area contributed by atoms with E-state index in [0.717, 1.165) is 11.1 Å². The lowest BCUT2D eigenvalue weighted by Gasteiger charge is -2.10. The van der Waals surface area contributed by atoms with Crippen LogP contribution in [0.5, 0.6) is 0 Å². The van der Waals surface area contributed by atoms with E-state index in [-0.39, 0.29) is 11.5 Å². The molecule has 3 aromatic carbocycles. The van der Waals surface area contributed by atoms with Crippen LogP contribution in [0.25, 0.3) is 11.1 Å². The smallest absolute Gasteiger partial charge is 0.194 e. The summed E-state index contributed by atoms with van der Waals surface area (Å²) in [5, 5.41) is 0. The number of fused-ring (bicyclic) bond motifs is 3. The maximum absolute atomic E-state index is 12.7. The van der Waals surface area contributed by atoms with E-state index in [1.165, 1.54) is 0 Å². The summed E-state index contributed by atoms with van der Waals surface area (Å²) in [6, 6.07) is 21.0. The molecule has 0 radical (unpaired) electrons. The molecule has 118 valence electrons. The Hall–Kier alpha value is -2.72. The topological polar surface area (TPSA) is 51.2 Å². The highest BCUT2D eigenvalue weighted by molar-refractivity contribution is 7.90. The van der Waals surface area contributed by atoms with Gasteiger partial charge in [0.1, 0.15) is 0 Å². The lowest BCUT2D eigenvalue weighted by molar-refractivity contribution is 0.104. The number of rotatable bonds is 3. The second-order valence-electron chi connectivity index (χ2n) is 5.79. The second-order valence-corrected chi connectivity index (χ2v) is 7.78. The van der Waals surface area contributed by atoms with Crippen LogP contribution in [0, 0.1) is 0 Å². The molecule has 3 aromatic rings. The number of carbonyl (C=O) groups excluding carboxylic acids is 1. The van der Waals surface area contributed by atoms with Gasteiger partial charge in [0.05, 0.1) is 10.6 Å². The zero-order valence-corrected chi connectivity index (χ0v) is 13.6. The Morgan fingerprint density at radius 3 is 2.04 bits per heavy atom. The molecule has 0 fully saturated rings. The zero-order chi connectivity index (χ0) is 16.7. The van der Waals surface area contributed by atoms with Crippen molar-refractivity contribution in [2.75, 3.05) is 0 Å². The van der Waals surface area contributed by atoms with Crippen LogP contribution in [-0.2, 0) is 15.6 Å². The van der Waals surface area contributed by atoms with E-state index in [2.05, 4.69) is 0 Å². The summed E-state index contributed by atoms with van der Waals surface area (Å²) in [4.78, 5) is 12.8. The lowest BCUT2D eigenvalue weighted by Crippen LogP contribution is -2.06. The molecule has 3 nitrogen and oxygen atoms in total. The van der Waals surface area contributed by atoms with Gasteiger partial charge in [-0.25, -0.2) is 8.42 Å². The molecule has 0 N–H and O–H groups in total. The zero-order valence-electron chi connectivity index (χ0n) is 12.8. The molecular formula is C20H14O3S. The molecule has 0 aliphatic heterocycles. The van der Waals surface area contributed by atoms with Gasteiger partial charge in [0.15, 0.2) is 15.6 Å². The molecule has 0 spiro atoms. The largest absolute Gasteiger partial charge is 0.289 e. The van der Waals surface area contributed by atoms with Crippen molar-refractivity contribution in [2.24, 2.45) is 0 Å². The van der Waals surface area contributed by atoms with Crippen molar-refractivity contribution in [3.8, 4) is 11.1 Å². The van der Waals surface area contributed by atoms with Gasteiger partial charge in [0.25, 0.3) is 0 Å². The molecule has 4 heteroatoms. The third kappa shape index (κ3) is 2.27. The quantitative estimate of drug-likeness (QED) is 0.571. The van der Waals surface area contributed by atoms with Gasteiger partial charge in [-0.2, -0.15) is 0 Å². The number of carbonyl (C=O) groups is 1. The minimum Gasteiger partial charge on any atom is -0.289 e. The van der Waals surface area contributed by atoms with Crippen molar-refractivity contribution in [1.29, 1.82) is 0 Å². The minimum atomic E-state index is -3.47. The molecule has 1 aliphatic carbocycles. The maximum atomic E-state index is 12.7. The van der Waals surface area contributed by atoms with Gasteiger partial charge in [-0.05, 0) is 28.8 Å². The number of benzene rings is 3. The van der Waals surface area contributed by atoms with Crippen LogP contribution in [-0.4, -0.2) is 14.2 Å². The average molecular weight is 334 g/mol. The first-order chi connectivity index (χ1) is 11.6. The number of sulfone groups is 1. The van der Waals surface area contributed by atoms with Crippen LogP contribution < -0.4 is 0 Å². The summed E-state index contributed by atoms with van der Waals surface area (Å²) in [7, 11) is -3.47. The predicted octanol–water partition coefficient (Wildman–Crippen LogP) is 3.87. The normalized spacial score (nSPS) is 12.8. The van der Waals surface area contributed by atoms with Gasteiger partial charge in [0, 0.05) is 11.1 Å². The molecule has 0 bridgehead atoms. The Labute approximate surface area is 140 Å². The Kier molecular flexibility index (Phi) is 3.36. The SMILES string of the molecule is O=C1c2ccccc2-c2c(CS(=O)(=O)c3ccccc3)cccc21. The van der Waals surface area contributed by atoms with E-state index in [0.29, 0.717) is 21.6 Å². The Bertz CT molecular complexity index is 1050. The summed E-state index contributed by atoms with van der Waals surface area (Å²) in [5.74, 6) is -0.165.